The van der Waals surface area contributed by atoms with E-state index in [1.165, 1.54) is 4.90 Å². The molecule has 34 heavy (non-hydrogen) atoms. The maximum absolute atomic E-state index is 13.0. The zero-order chi connectivity index (χ0) is 24.2. The minimum absolute atomic E-state index is 0.211. The van der Waals surface area contributed by atoms with E-state index in [2.05, 4.69) is 0 Å². The van der Waals surface area contributed by atoms with Crippen molar-refractivity contribution in [2.75, 3.05) is 7.11 Å². The van der Waals surface area contributed by atoms with E-state index in [0.717, 1.165) is 28.5 Å². The molecule has 0 unspecified atom stereocenters. The van der Waals surface area contributed by atoms with E-state index >= 15 is 0 Å². The number of carbonyl (C=O) groups is 2. The number of aryl methyl sites for hydroxylation is 1. The second-order valence-electron chi connectivity index (χ2n) is 7.63. The molecule has 3 aromatic rings. The van der Waals surface area contributed by atoms with Crippen molar-refractivity contribution >= 4 is 52.2 Å². The first-order chi connectivity index (χ1) is 16.4. The van der Waals surface area contributed by atoms with Crippen molar-refractivity contribution in [3.05, 3.63) is 97.9 Å². The summed E-state index contributed by atoms with van der Waals surface area (Å²) in [6.07, 6.45) is 1.68. The average molecular weight is 514 g/mol. The van der Waals surface area contributed by atoms with Crippen LogP contribution in [0.3, 0.4) is 0 Å². The highest BCUT2D eigenvalue weighted by Crippen LogP contribution is 2.36. The number of hydrogen-bond donors (Lipinski definition) is 0. The Hall–Kier alpha value is -2.93. The highest BCUT2D eigenvalue weighted by molar-refractivity contribution is 8.18. The van der Waals surface area contributed by atoms with Crippen molar-refractivity contribution in [3.8, 4) is 11.5 Å². The number of carbonyl (C=O) groups excluding carboxylic acids is 2. The van der Waals surface area contributed by atoms with Gasteiger partial charge in [0.15, 0.2) is 11.5 Å². The number of rotatable bonds is 7. The molecule has 2 amide bonds. The number of imide groups is 1. The molecule has 0 bridgehead atoms. The van der Waals surface area contributed by atoms with Gasteiger partial charge in [-0.25, -0.2) is 0 Å². The first-order valence-electron chi connectivity index (χ1n) is 10.4. The van der Waals surface area contributed by atoms with Gasteiger partial charge in [-0.15, -0.1) is 0 Å². The van der Waals surface area contributed by atoms with Gasteiger partial charge in [-0.1, -0.05) is 59.6 Å². The summed E-state index contributed by atoms with van der Waals surface area (Å²) in [5, 5.41) is 0.761. The fourth-order valence-corrected chi connectivity index (χ4v) is 4.74. The molecule has 3 aromatic carbocycles. The normalized spacial score (nSPS) is 14.7. The van der Waals surface area contributed by atoms with Gasteiger partial charge in [0, 0.05) is 15.6 Å². The lowest BCUT2D eigenvalue weighted by Gasteiger charge is -2.14. The topological polar surface area (TPSA) is 55.8 Å². The smallest absolute Gasteiger partial charge is 0.293 e. The van der Waals surface area contributed by atoms with Gasteiger partial charge >= 0.3 is 0 Å². The van der Waals surface area contributed by atoms with Gasteiger partial charge in [-0.2, -0.15) is 0 Å². The van der Waals surface area contributed by atoms with Crippen LogP contribution < -0.4 is 9.47 Å². The number of halogens is 2. The van der Waals surface area contributed by atoms with Crippen LogP contribution in [0.1, 0.15) is 22.3 Å². The van der Waals surface area contributed by atoms with Gasteiger partial charge in [0.05, 0.1) is 18.6 Å². The Balaban J connectivity index is 1.53. The number of hydrogen-bond acceptors (Lipinski definition) is 5. The summed E-state index contributed by atoms with van der Waals surface area (Å²) in [6, 6.07) is 18.2. The third-order valence-corrected chi connectivity index (χ3v) is 6.84. The van der Waals surface area contributed by atoms with Crippen LogP contribution in [-0.2, 0) is 17.9 Å². The van der Waals surface area contributed by atoms with Crippen molar-refractivity contribution in [1.29, 1.82) is 0 Å². The summed E-state index contributed by atoms with van der Waals surface area (Å²) in [5.41, 5.74) is 3.45. The van der Waals surface area contributed by atoms with Gasteiger partial charge in [0.2, 0.25) is 0 Å². The zero-order valence-electron chi connectivity index (χ0n) is 18.5. The molecule has 0 atom stereocenters. The molecular weight excluding hydrogens is 493 g/mol. The largest absolute Gasteiger partial charge is 0.493 e. The third-order valence-electron chi connectivity index (χ3n) is 5.35. The minimum Gasteiger partial charge on any atom is -0.493 e. The molecule has 174 valence electrons. The molecule has 0 aliphatic carbocycles. The van der Waals surface area contributed by atoms with Crippen LogP contribution in [0, 0.1) is 6.92 Å². The zero-order valence-corrected chi connectivity index (χ0v) is 20.8. The molecule has 8 heteroatoms. The minimum atomic E-state index is -0.315. The van der Waals surface area contributed by atoms with Crippen LogP contribution in [0.2, 0.25) is 10.0 Å². The van der Waals surface area contributed by atoms with Gasteiger partial charge in [0.1, 0.15) is 6.61 Å². The fourth-order valence-electron chi connectivity index (χ4n) is 3.44. The van der Waals surface area contributed by atoms with Crippen LogP contribution in [0.4, 0.5) is 4.79 Å². The lowest BCUT2D eigenvalue weighted by Crippen LogP contribution is -2.27. The molecule has 4 rings (SSSR count). The van der Waals surface area contributed by atoms with E-state index in [-0.39, 0.29) is 24.3 Å². The Kier molecular flexibility index (Phi) is 7.51. The average Bonchev–Trinajstić information content (AvgIpc) is 3.07. The molecule has 0 N–H and O–H groups in total. The highest BCUT2D eigenvalue weighted by atomic mass is 35.5. The predicted molar refractivity (Wildman–Crippen MR) is 136 cm³/mol. The van der Waals surface area contributed by atoms with Crippen LogP contribution >= 0.6 is 35.0 Å². The number of amides is 2. The van der Waals surface area contributed by atoms with E-state index < -0.39 is 0 Å². The summed E-state index contributed by atoms with van der Waals surface area (Å²) >= 11 is 13.1. The Morgan fingerprint density at radius 2 is 1.76 bits per heavy atom. The maximum Gasteiger partial charge on any atom is 0.293 e. The number of thioether (sulfide) groups is 1. The molecule has 1 fully saturated rings. The van der Waals surface area contributed by atoms with Crippen LogP contribution in [0.5, 0.6) is 11.5 Å². The predicted octanol–water partition coefficient (Wildman–Crippen LogP) is 7.13. The summed E-state index contributed by atoms with van der Waals surface area (Å²) in [7, 11) is 1.55. The first kappa shape index (κ1) is 24.2. The maximum atomic E-state index is 13.0. The molecule has 0 radical (unpaired) electrons. The lowest BCUT2D eigenvalue weighted by atomic mass is 10.1. The van der Waals surface area contributed by atoms with Gasteiger partial charge in [-0.05, 0) is 65.7 Å². The molecule has 1 heterocycles. The first-order valence-corrected chi connectivity index (χ1v) is 12.0. The summed E-state index contributed by atoms with van der Waals surface area (Å²) in [5.74, 6) is 0.709. The Morgan fingerprint density at radius 1 is 0.971 bits per heavy atom. The number of methoxy groups -OCH3 is 1. The Bertz CT molecular complexity index is 1290. The lowest BCUT2D eigenvalue weighted by molar-refractivity contribution is -0.123. The Morgan fingerprint density at radius 3 is 2.50 bits per heavy atom. The molecular formula is C26H21Cl2NO4S. The summed E-state index contributed by atoms with van der Waals surface area (Å²) < 4.78 is 11.4. The molecule has 0 spiro atoms. The van der Waals surface area contributed by atoms with Crippen LogP contribution in [-0.4, -0.2) is 23.2 Å². The summed E-state index contributed by atoms with van der Waals surface area (Å²) in [4.78, 5) is 27.1. The Labute approximate surface area is 212 Å². The second kappa shape index (κ2) is 10.6. The quantitative estimate of drug-likeness (QED) is 0.314. The van der Waals surface area contributed by atoms with Crippen molar-refractivity contribution < 1.29 is 19.1 Å². The van der Waals surface area contributed by atoms with Gasteiger partial charge in [-0.3, -0.25) is 14.5 Å². The molecule has 1 aliphatic rings. The highest BCUT2D eigenvalue weighted by Gasteiger charge is 2.35. The van der Waals surface area contributed by atoms with Crippen molar-refractivity contribution in [2.45, 2.75) is 20.1 Å². The van der Waals surface area contributed by atoms with E-state index in [1.54, 1.807) is 49.6 Å². The van der Waals surface area contributed by atoms with E-state index in [0.29, 0.717) is 32.0 Å². The third kappa shape index (κ3) is 5.41. The summed E-state index contributed by atoms with van der Waals surface area (Å²) in [6.45, 7) is 2.41. The van der Waals surface area contributed by atoms with Crippen molar-refractivity contribution in [1.82, 2.24) is 4.90 Å². The van der Waals surface area contributed by atoms with E-state index in [4.69, 9.17) is 32.7 Å². The van der Waals surface area contributed by atoms with Gasteiger partial charge < -0.3 is 9.47 Å². The monoisotopic (exact) mass is 513 g/mol. The second-order valence-corrected chi connectivity index (χ2v) is 9.47. The van der Waals surface area contributed by atoms with Crippen LogP contribution in [0.25, 0.3) is 6.08 Å². The van der Waals surface area contributed by atoms with Gasteiger partial charge in [0.25, 0.3) is 11.1 Å². The van der Waals surface area contributed by atoms with E-state index in [1.807, 2.05) is 31.2 Å². The standard InChI is InChI=1S/C26H21Cl2NO4S/c1-16-5-3-4-6-18(16)14-29-25(30)24(34-26(29)31)12-17-7-10-22(32-2)23(11-17)33-15-19-8-9-20(27)13-21(19)28/h3-13H,14-15H2,1-2H3/b24-12-. The van der Waals surface area contributed by atoms with E-state index in [9.17, 15) is 9.59 Å². The van der Waals surface area contributed by atoms with Crippen molar-refractivity contribution in [2.24, 2.45) is 0 Å². The molecule has 5 nitrogen and oxygen atoms in total. The molecule has 1 aliphatic heterocycles. The SMILES string of the molecule is COc1ccc(/C=C2\SC(=O)N(Cc3ccccc3C)C2=O)cc1OCc1ccc(Cl)cc1Cl. The molecule has 0 aromatic heterocycles. The molecule has 1 saturated heterocycles. The number of nitrogens with zero attached hydrogens (tertiary/aromatic N) is 1. The molecule has 0 saturated carbocycles. The fraction of sp³-hybridized carbons (Fsp3) is 0.154. The van der Waals surface area contributed by atoms with Crippen LogP contribution in [0.15, 0.2) is 65.6 Å². The number of ether oxygens (including phenoxy) is 2. The number of benzene rings is 3. The van der Waals surface area contributed by atoms with Crippen molar-refractivity contribution in [3.63, 3.8) is 0 Å².